The van der Waals surface area contributed by atoms with Crippen molar-refractivity contribution in [3.8, 4) is 11.5 Å². The molecular formula is C12H17ClO4. The molecule has 96 valence electrons. The van der Waals surface area contributed by atoms with Gasteiger partial charge in [0.15, 0.2) is 11.5 Å². The second kappa shape index (κ2) is 6.10. The number of benzene rings is 1. The summed E-state index contributed by atoms with van der Waals surface area (Å²) in [4.78, 5) is 0. The standard InChI is InChI=1S/C12H17ClO4/c1-7(15)8(2)17-12-10(13)4-9(6-14)5-11(12)16-3/h4-5,7-8,14-15H,6H2,1-3H3. The van der Waals surface area contributed by atoms with Crippen LogP contribution < -0.4 is 9.47 Å². The van der Waals surface area contributed by atoms with Gasteiger partial charge in [0.2, 0.25) is 0 Å². The SMILES string of the molecule is COc1cc(CO)cc(Cl)c1OC(C)C(C)O. The Morgan fingerprint density at radius 1 is 1.35 bits per heavy atom. The number of hydrogen-bond acceptors (Lipinski definition) is 4. The molecule has 2 atom stereocenters. The summed E-state index contributed by atoms with van der Waals surface area (Å²) in [6, 6.07) is 3.25. The van der Waals surface area contributed by atoms with E-state index in [9.17, 15) is 5.11 Å². The van der Waals surface area contributed by atoms with Crippen molar-refractivity contribution in [1.82, 2.24) is 0 Å². The predicted octanol–water partition coefficient (Wildman–Crippen LogP) is 1.99. The predicted molar refractivity (Wildman–Crippen MR) is 65.7 cm³/mol. The average Bonchev–Trinajstić information content (AvgIpc) is 2.30. The van der Waals surface area contributed by atoms with Gasteiger partial charge in [-0.25, -0.2) is 0 Å². The summed E-state index contributed by atoms with van der Waals surface area (Å²) in [7, 11) is 1.49. The second-order valence-electron chi connectivity index (χ2n) is 3.83. The summed E-state index contributed by atoms with van der Waals surface area (Å²) in [5.41, 5.74) is 0.643. The summed E-state index contributed by atoms with van der Waals surface area (Å²) in [5.74, 6) is 0.814. The largest absolute Gasteiger partial charge is 0.493 e. The zero-order valence-electron chi connectivity index (χ0n) is 10.1. The van der Waals surface area contributed by atoms with E-state index in [0.717, 1.165) is 0 Å². The molecule has 17 heavy (non-hydrogen) atoms. The Labute approximate surface area is 106 Å². The second-order valence-corrected chi connectivity index (χ2v) is 4.24. The molecule has 0 aliphatic rings. The molecule has 5 heteroatoms. The Hall–Kier alpha value is -0.970. The molecule has 0 aliphatic heterocycles. The highest BCUT2D eigenvalue weighted by molar-refractivity contribution is 6.32. The molecule has 1 aromatic rings. The van der Waals surface area contributed by atoms with Crippen LogP contribution in [0.1, 0.15) is 19.4 Å². The maximum absolute atomic E-state index is 9.39. The molecular weight excluding hydrogens is 244 g/mol. The van der Waals surface area contributed by atoms with E-state index in [-0.39, 0.29) is 6.61 Å². The molecule has 0 radical (unpaired) electrons. The maximum Gasteiger partial charge on any atom is 0.180 e. The molecule has 0 bridgehead atoms. The number of methoxy groups -OCH3 is 1. The lowest BCUT2D eigenvalue weighted by molar-refractivity contribution is 0.0587. The van der Waals surface area contributed by atoms with Crippen molar-refractivity contribution in [1.29, 1.82) is 0 Å². The van der Waals surface area contributed by atoms with Gasteiger partial charge in [-0.3, -0.25) is 0 Å². The summed E-state index contributed by atoms with van der Waals surface area (Å²) in [6.45, 7) is 3.25. The summed E-state index contributed by atoms with van der Waals surface area (Å²) in [6.07, 6.45) is -1.02. The van der Waals surface area contributed by atoms with Crippen molar-refractivity contribution in [2.45, 2.75) is 32.7 Å². The molecule has 0 fully saturated rings. The highest BCUT2D eigenvalue weighted by Gasteiger charge is 2.17. The smallest absolute Gasteiger partial charge is 0.180 e. The molecule has 0 amide bonds. The van der Waals surface area contributed by atoms with Gasteiger partial charge in [0.1, 0.15) is 6.10 Å². The first kappa shape index (κ1) is 14.1. The van der Waals surface area contributed by atoms with E-state index >= 15 is 0 Å². The van der Waals surface area contributed by atoms with Crippen LogP contribution in [0.5, 0.6) is 11.5 Å². The Morgan fingerprint density at radius 3 is 2.47 bits per heavy atom. The van der Waals surface area contributed by atoms with E-state index in [1.54, 1.807) is 26.0 Å². The van der Waals surface area contributed by atoms with Crippen molar-refractivity contribution in [3.63, 3.8) is 0 Å². The van der Waals surface area contributed by atoms with Crippen LogP contribution >= 0.6 is 11.6 Å². The van der Waals surface area contributed by atoms with Crippen LogP contribution in [-0.2, 0) is 6.61 Å². The van der Waals surface area contributed by atoms with Gasteiger partial charge >= 0.3 is 0 Å². The van der Waals surface area contributed by atoms with E-state index < -0.39 is 12.2 Å². The lowest BCUT2D eigenvalue weighted by atomic mass is 10.2. The quantitative estimate of drug-likeness (QED) is 0.850. The number of halogens is 1. The third-order valence-electron chi connectivity index (χ3n) is 2.45. The van der Waals surface area contributed by atoms with E-state index in [4.69, 9.17) is 26.2 Å². The van der Waals surface area contributed by atoms with Crippen LogP contribution in [0, 0.1) is 0 Å². The zero-order valence-corrected chi connectivity index (χ0v) is 10.9. The van der Waals surface area contributed by atoms with Gasteiger partial charge in [-0.15, -0.1) is 0 Å². The third-order valence-corrected chi connectivity index (χ3v) is 2.74. The topological polar surface area (TPSA) is 58.9 Å². The number of aliphatic hydroxyl groups excluding tert-OH is 2. The molecule has 0 saturated carbocycles. The molecule has 0 saturated heterocycles. The van der Waals surface area contributed by atoms with E-state index in [2.05, 4.69) is 0 Å². The third kappa shape index (κ3) is 3.49. The molecule has 4 nitrogen and oxygen atoms in total. The number of rotatable bonds is 5. The van der Waals surface area contributed by atoms with Crippen LogP contribution in [0.25, 0.3) is 0 Å². The maximum atomic E-state index is 9.39. The molecule has 0 heterocycles. The molecule has 2 unspecified atom stereocenters. The Morgan fingerprint density at radius 2 is 2.00 bits per heavy atom. The van der Waals surface area contributed by atoms with E-state index in [1.807, 2.05) is 0 Å². The summed E-state index contributed by atoms with van der Waals surface area (Å²) < 4.78 is 10.7. The number of aliphatic hydroxyl groups is 2. The first-order chi connectivity index (χ1) is 7.99. The lowest BCUT2D eigenvalue weighted by Crippen LogP contribution is -2.25. The van der Waals surface area contributed by atoms with Gasteiger partial charge in [-0.05, 0) is 31.5 Å². The average molecular weight is 261 g/mol. The first-order valence-corrected chi connectivity index (χ1v) is 5.69. The van der Waals surface area contributed by atoms with Crippen molar-refractivity contribution in [3.05, 3.63) is 22.7 Å². The molecule has 0 aromatic heterocycles. The monoisotopic (exact) mass is 260 g/mol. The lowest BCUT2D eigenvalue weighted by Gasteiger charge is -2.20. The van der Waals surface area contributed by atoms with Crippen LogP contribution in [0.15, 0.2) is 12.1 Å². The zero-order chi connectivity index (χ0) is 13.0. The summed E-state index contributed by atoms with van der Waals surface area (Å²) >= 11 is 6.04. The fourth-order valence-corrected chi connectivity index (χ4v) is 1.54. The first-order valence-electron chi connectivity index (χ1n) is 5.31. The van der Waals surface area contributed by atoms with Crippen molar-refractivity contribution in [2.75, 3.05) is 7.11 Å². The van der Waals surface area contributed by atoms with Crippen LogP contribution in [0.3, 0.4) is 0 Å². The van der Waals surface area contributed by atoms with Crippen LogP contribution in [0.4, 0.5) is 0 Å². The van der Waals surface area contributed by atoms with Crippen molar-refractivity contribution in [2.24, 2.45) is 0 Å². The van der Waals surface area contributed by atoms with Crippen molar-refractivity contribution >= 4 is 11.6 Å². The number of ether oxygens (including phenoxy) is 2. The highest BCUT2D eigenvalue weighted by atomic mass is 35.5. The van der Waals surface area contributed by atoms with E-state index in [0.29, 0.717) is 22.1 Å². The van der Waals surface area contributed by atoms with Crippen LogP contribution in [0.2, 0.25) is 5.02 Å². The highest BCUT2D eigenvalue weighted by Crippen LogP contribution is 2.37. The van der Waals surface area contributed by atoms with Gasteiger partial charge in [0, 0.05) is 0 Å². The minimum absolute atomic E-state index is 0.123. The van der Waals surface area contributed by atoms with E-state index in [1.165, 1.54) is 7.11 Å². The molecule has 0 spiro atoms. The number of hydrogen-bond donors (Lipinski definition) is 2. The molecule has 2 N–H and O–H groups in total. The van der Waals surface area contributed by atoms with Crippen LogP contribution in [-0.4, -0.2) is 29.5 Å². The Kier molecular flexibility index (Phi) is 5.05. The fraction of sp³-hybridized carbons (Fsp3) is 0.500. The van der Waals surface area contributed by atoms with Gasteiger partial charge < -0.3 is 19.7 Å². The Balaban J connectivity index is 3.05. The normalized spacial score (nSPS) is 14.2. The minimum Gasteiger partial charge on any atom is -0.493 e. The van der Waals surface area contributed by atoms with Gasteiger partial charge in [-0.2, -0.15) is 0 Å². The van der Waals surface area contributed by atoms with Gasteiger partial charge in [0.25, 0.3) is 0 Å². The van der Waals surface area contributed by atoms with Gasteiger partial charge in [-0.1, -0.05) is 11.6 Å². The Bertz CT molecular complexity index is 379. The molecule has 0 aliphatic carbocycles. The van der Waals surface area contributed by atoms with Crippen molar-refractivity contribution < 1.29 is 19.7 Å². The fourth-order valence-electron chi connectivity index (χ4n) is 1.26. The van der Waals surface area contributed by atoms with Gasteiger partial charge in [0.05, 0.1) is 24.8 Å². The molecule has 1 rings (SSSR count). The minimum atomic E-state index is -0.617. The summed E-state index contributed by atoms with van der Waals surface area (Å²) in [5, 5.41) is 18.8. The molecule has 1 aromatic carbocycles.